The topological polar surface area (TPSA) is 12.0 Å². The molecule has 1 aliphatic rings. The molecule has 1 saturated heterocycles. The molecule has 0 spiro atoms. The molecule has 1 nitrogen and oxygen atoms in total. The molecule has 0 bridgehead atoms. The number of piperidine rings is 1. The molecule has 1 fully saturated rings. The first-order valence-corrected chi connectivity index (χ1v) is 7.88. The summed E-state index contributed by atoms with van der Waals surface area (Å²) in [4.78, 5) is 0. The van der Waals surface area contributed by atoms with Crippen molar-refractivity contribution in [3.05, 3.63) is 53.1 Å². The average molecular weight is 292 g/mol. The van der Waals surface area contributed by atoms with Gasteiger partial charge in [-0.3, -0.25) is 0 Å². The van der Waals surface area contributed by atoms with Crippen LogP contribution in [0.3, 0.4) is 0 Å². The monoisotopic (exact) mass is 291 g/mol. The maximum Gasteiger partial charge on any atom is 0.0406 e. The summed E-state index contributed by atoms with van der Waals surface area (Å²) in [6.45, 7) is 12.6. The quantitative estimate of drug-likeness (QED) is 0.743. The number of halogens is 1. The second-order valence-corrected chi connectivity index (χ2v) is 5.37. The number of nitrogens with one attached hydrogen (secondary N) is 1. The maximum atomic E-state index is 5.90. The molecule has 1 aliphatic heterocycles. The zero-order chi connectivity index (χ0) is 15.0. The molecule has 1 aromatic rings. The summed E-state index contributed by atoms with van der Waals surface area (Å²) >= 11 is 5.90. The molecular formula is C18H26ClN. The largest absolute Gasteiger partial charge is 0.317 e. The lowest BCUT2D eigenvalue weighted by Gasteiger charge is -2.23. The van der Waals surface area contributed by atoms with Crippen LogP contribution in [0.25, 0.3) is 5.57 Å². The molecule has 0 amide bonds. The highest BCUT2D eigenvalue weighted by Gasteiger charge is 2.14. The SMILES string of the molecule is C=C(/C=C(\C)c1ccc(Cl)cc1)C1CCNCC1.CC. The third kappa shape index (κ3) is 5.15. The fourth-order valence-corrected chi connectivity index (χ4v) is 2.51. The van der Waals surface area contributed by atoms with Crippen LogP contribution in [0.5, 0.6) is 0 Å². The molecule has 1 aromatic carbocycles. The van der Waals surface area contributed by atoms with Gasteiger partial charge in [-0.25, -0.2) is 0 Å². The summed E-state index contributed by atoms with van der Waals surface area (Å²) < 4.78 is 0. The second kappa shape index (κ2) is 8.99. The summed E-state index contributed by atoms with van der Waals surface area (Å²) in [5.74, 6) is 0.633. The minimum Gasteiger partial charge on any atom is -0.317 e. The Morgan fingerprint density at radius 3 is 2.30 bits per heavy atom. The molecule has 20 heavy (non-hydrogen) atoms. The van der Waals surface area contributed by atoms with E-state index in [1.165, 1.54) is 29.6 Å². The predicted molar refractivity (Wildman–Crippen MR) is 91.2 cm³/mol. The number of hydrogen-bond acceptors (Lipinski definition) is 1. The molecule has 1 heterocycles. The summed E-state index contributed by atoms with van der Waals surface area (Å²) in [7, 11) is 0. The summed E-state index contributed by atoms with van der Waals surface area (Å²) in [6, 6.07) is 7.98. The van der Waals surface area contributed by atoms with E-state index in [4.69, 9.17) is 11.6 Å². The average Bonchev–Trinajstić information content (AvgIpc) is 2.50. The van der Waals surface area contributed by atoms with Crippen LogP contribution in [0.1, 0.15) is 39.2 Å². The second-order valence-electron chi connectivity index (χ2n) is 4.93. The van der Waals surface area contributed by atoms with Gasteiger partial charge in [-0.15, -0.1) is 0 Å². The normalized spacial score (nSPS) is 16.3. The van der Waals surface area contributed by atoms with E-state index in [1.807, 2.05) is 26.0 Å². The third-order valence-corrected chi connectivity index (χ3v) is 3.82. The number of benzene rings is 1. The van der Waals surface area contributed by atoms with Gasteiger partial charge in [-0.1, -0.05) is 55.8 Å². The van der Waals surface area contributed by atoms with Crippen LogP contribution in [-0.2, 0) is 0 Å². The lowest BCUT2D eigenvalue weighted by Crippen LogP contribution is -2.28. The van der Waals surface area contributed by atoms with Crippen molar-refractivity contribution in [2.24, 2.45) is 5.92 Å². The predicted octanol–water partition coefficient (Wildman–Crippen LogP) is 5.33. The Hall–Kier alpha value is -1.05. The minimum atomic E-state index is 0.633. The van der Waals surface area contributed by atoms with E-state index in [0.29, 0.717) is 5.92 Å². The molecule has 0 aliphatic carbocycles. The van der Waals surface area contributed by atoms with E-state index >= 15 is 0 Å². The van der Waals surface area contributed by atoms with Crippen molar-refractivity contribution >= 4 is 17.2 Å². The Balaban J connectivity index is 0.000000956. The highest BCUT2D eigenvalue weighted by Crippen LogP contribution is 2.25. The van der Waals surface area contributed by atoms with Gasteiger partial charge in [0.05, 0.1) is 0 Å². The van der Waals surface area contributed by atoms with Crippen LogP contribution >= 0.6 is 11.6 Å². The number of rotatable bonds is 3. The Bertz CT molecular complexity index is 439. The third-order valence-electron chi connectivity index (χ3n) is 3.56. The van der Waals surface area contributed by atoms with Gasteiger partial charge in [-0.05, 0) is 62.0 Å². The van der Waals surface area contributed by atoms with Gasteiger partial charge in [0.2, 0.25) is 0 Å². The van der Waals surface area contributed by atoms with Gasteiger partial charge in [-0.2, -0.15) is 0 Å². The van der Waals surface area contributed by atoms with Crippen molar-refractivity contribution in [2.45, 2.75) is 33.6 Å². The molecule has 0 radical (unpaired) electrons. The van der Waals surface area contributed by atoms with Gasteiger partial charge in [0, 0.05) is 5.02 Å². The van der Waals surface area contributed by atoms with Crippen LogP contribution in [0.2, 0.25) is 5.02 Å². The number of hydrogen-bond donors (Lipinski definition) is 1. The minimum absolute atomic E-state index is 0.633. The van der Waals surface area contributed by atoms with E-state index in [-0.39, 0.29) is 0 Å². The van der Waals surface area contributed by atoms with Gasteiger partial charge < -0.3 is 5.32 Å². The summed E-state index contributed by atoms with van der Waals surface area (Å²) in [5, 5.41) is 4.17. The molecule has 0 saturated carbocycles. The fraction of sp³-hybridized carbons (Fsp3) is 0.444. The summed E-state index contributed by atoms with van der Waals surface area (Å²) in [6.07, 6.45) is 4.62. The highest BCUT2D eigenvalue weighted by atomic mass is 35.5. The zero-order valence-electron chi connectivity index (χ0n) is 12.9. The molecule has 0 aromatic heterocycles. The highest BCUT2D eigenvalue weighted by molar-refractivity contribution is 6.30. The van der Waals surface area contributed by atoms with E-state index in [0.717, 1.165) is 18.1 Å². The van der Waals surface area contributed by atoms with Crippen molar-refractivity contribution < 1.29 is 0 Å². The summed E-state index contributed by atoms with van der Waals surface area (Å²) in [5.41, 5.74) is 3.73. The molecule has 2 heteroatoms. The van der Waals surface area contributed by atoms with Crippen molar-refractivity contribution in [1.82, 2.24) is 5.32 Å². The van der Waals surface area contributed by atoms with E-state index in [2.05, 4.69) is 37.0 Å². The zero-order valence-corrected chi connectivity index (χ0v) is 13.6. The molecule has 0 unspecified atom stereocenters. The van der Waals surface area contributed by atoms with Crippen LogP contribution in [0.15, 0.2) is 42.5 Å². The van der Waals surface area contributed by atoms with E-state index in [1.54, 1.807) is 0 Å². The smallest absolute Gasteiger partial charge is 0.0406 e. The van der Waals surface area contributed by atoms with Crippen LogP contribution in [-0.4, -0.2) is 13.1 Å². The van der Waals surface area contributed by atoms with Crippen molar-refractivity contribution in [1.29, 1.82) is 0 Å². The van der Waals surface area contributed by atoms with Gasteiger partial charge in [0.25, 0.3) is 0 Å². The standard InChI is InChI=1S/C16H20ClN.C2H6/c1-12(14-3-5-16(17)6-4-14)11-13(2)15-7-9-18-10-8-15;1-2/h3-6,11,15,18H,2,7-10H2,1H3;1-2H3/b12-11+;. The van der Waals surface area contributed by atoms with E-state index < -0.39 is 0 Å². The maximum absolute atomic E-state index is 5.90. The molecule has 0 atom stereocenters. The fourth-order valence-electron chi connectivity index (χ4n) is 2.38. The van der Waals surface area contributed by atoms with Gasteiger partial charge in [0.1, 0.15) is 0 Å². The lowest BCUT2D eigenvalue weighted by molar-refractivity contribution is 0.426. The van der Waals surface area contributed by atoms with Crippen LogP contribution < -0.4 is 5.32 Å². The van der Waals surface area contributed by atoms with Crippen molar-refractivity contribution in [3.63, 3.8) is 0 Å². The van der Waals surface area contributed by atoms with Gasteiger partial charge >= 0.3 is 0 Å². The Morgan fingerprint density at radius 1 is 1.20 bits per heavy atom. The van der Waals surface area contributed by atoms with Gasteiger partial charge in [0.15, 0.2) is 0 Å². The Kier molecular flexibility index (Phi) is 7.64. The first-order chi connectivity index (χ1) is 9.66. The first kappa shape index (κ1) is 17.0. The van der Waals surface area contributed by atoms with Crippen molar-refractivity contribution in [2.75, 3.05) is 13.1 Å². The molecule has 2 rings (SSSR count). The Labute approximate surface area is 128 Å². The lowest BCUT2D eigenvalue weighted by atomic mass is 9.89. The molecular weight excluding hydrogens is 266 g/mol. The van der Waals surface area contributed by atoms with Crippen LogP contribution in [0.4, 0.5) is 0 Å². The Morgan fingerprint density at radius 2 is 1.75 bits per heavy atom. The van der Waals surface area contributed by atoms with E-state index in [9.17, 15) is 0 Å². The molecule has 110 valence electrons. The first-order valence-electron chi connectivity index (χ1n) is 7.50. The van der Waals surface area contributed by atoms with Crippen LogP contribution in [0, 0.1) is 5.92 Å². The van der Waals surface area contributed by atoms with Crippen molar-refractivity contribution in [3.8, 4) is 0 Å². The molecule has 1 N–H and O–H groups in total. The number of allylic oxidation sites excluding steroid dienone is 3.